The molecule has 0 radical (unpaired) electrons. The largest absolute Gasteiger partial charge is 0.480 e. The minimum absolute atomic E-state index is 0.136. The van der Waals surface area contributed by atoms with E-state index in [4.69, 9.17) is 20.3 Å². The standard InChI is InChI=1S/C12H19NO2.C11H13NO3/c1-9-4-6-10(7-5-9)8-11(13)12(14-2)15-3;1-8(13)12-10(11(14)15)7-9-5-3-2-4-6-9/h4-7,11-12H,8,13H2,1-3H3;2-6,10H,7H2,1H3,(H,12,13)(H,14,15)/t11-;/m0./s1. The average Bonchev–Trinajstić information content (AvgIpc) is 2.71. The van der Waals surface area contributed by atoms with Crippen molar-refractivity contribution in [2.45, 2.75) is 45.1 Å². The molecule has 1 unspecified atom stereocenters. The van der Waals surface area contributed by atoms with Crippen molar-refractivity contribution in [2.75, 3.05) is 14.2 Å². The zero-order valence-corrected chi connectivity index (χ0v) is 18.0. The van der Waals surface area contributed by atoms with Crippen LogP contribution in [0.3, 0.4) is 0 Å². The van der Waals surface area contributed by atoms with Gasteiger partial charge in [0.25, 0.3) is 0 Å². The molecule has 7 heteroatoms. The summed E-state index contributed by atoms with van der Waals surface area (Å²) in [5.41, 5.74) is 9.30. The highest BCUT2D eigenvalue weighted by molar-refractivity contribution is 5.82. The van der Waals surface area contributed by atoms with Crippen molar-refractivity contribution in [2.24, 2.45) is 5.73 Å². The number of hydrogen-bond acceptors (Lipinski definition) is 5. The molecule has 0 aliphatic rings. The summed E-state index contributed by atoms with van der Waals surface area (Å²) in [6.45, 7) is 3.37. The van der Waals surface area contributed by atoms with E-state index in [-0.39, 0.29) is 18.2 Å². The molecule has 0 saturated carbocycles. The molecule has 164 valence electrons. The number of nitrogens with one attached hydrogen (secondary N) is 1. The molecular weight excluding hydrogens is 384 g/mol. The van der Waals surface area contributed by atoms with Crippen LogP contribution >= 0.6 is 0 Å². The summed E-state index contributed by atoms with van der Waals surface area (Å²) >= 11 is 0. The van der Waals surface area contributed by atoms with Crippen LogP contribution in [0, 0.1) is 6.92 Å². The Hall–Kier alpha value is -2.74. The molecule has 0 spiro atoms. The molecule has 2 atom stereocenters. The number of carbonyl (C=O) groups excluding carboxylic acids is 1. The molecule has 0 fully saturated rings. The zero-order valence-electron chi connectivity index (χ0n) is 18.0. The summed E-state index contributed by atoms with van der Waals surface area (Å²) in [4.78, 5) is 21.6. The van der Waals surface area contributed by atoms with Crippen LogP contribution in [0.2, 0.25) is 0 Å². The Morgan fingerprint density at radius 1 is 0.967 bits per heavy atom. The smallest absolute Gasteiger partial charge is 0.326 e. The van der Waals surface area contributed by atoms with Crippen LogP contribution < -0.4 is 11.1 Å². The lowest BCUT2D eigenvalue weighted by Gasteiger charge is -2.20. The molecular formula is C23H32N2O5. The number of aryl methyl sites for hydroxylation is 1. The first-order chi connectivity index (χ1) is 14.3. The summed E-state index contributed by atoms with van der Waals surface area (Å²) in [6, 6.07) is 16.5. The first kappa shape index (κ1) is 25.3. The molecule has 0 saturated heterocycles. The fourth-order valence-electron chi connectivity index (χ4n) is 2.83. The molecule has 0 heterocycles. The topological polar surface area (TPSA) is 111 Å². The summed E-state index contributed by atoms with van der Waals surface area (Å²) in [6.07, 6.45) is 0.717. The number of carboxylic acids is 1. The van der Waals surface area contributed by atoms with Gasteiger partial charge in [0.2, 0.25) is 5.91 Å². The normalized spacial score (nSPS) is 12.5. The third-order valence-electron chi connectivity index (χ3n) is 4.36. The van der Waals surface area contributed by atoms with Crippen LogP contribution in [0.1, 0.15) is 23.6 Å². The third-order valence-corrected chi connectivity index (χ3v) is 4.36. The van der Waals surface area contributed by atoms with Crippen LogP contribution in [0.25, 0.3) is 0 Å². The molecule has 0 bridgehead atoms. The maximum atomic E-state index is 10.8. The monoisotopic (exact) mass is 416 g/mol. The molecule has 2 aromatic carbocycles. The predicted octanol–water partition coefficient (Wildman–Crippen LogP) is 2.30. The number of amides is 1. The van der Waals surface area contributed by atoms with Crippen molar-refractivity contribution >= 4 is 11.9 Å². The summed E-state index contributed by atoms with van der Waals surface area (Å²) in [5.74, 6) is -1.35. The fraction of sp³-hybridized carbons (Fsp3) is 0.391. The van der Waals surface area contributed by atoms with Crippen LogP contribution in [0.15, 0.2) is 54.6 Å². The number of rotatable bonds is 9. The number of nitrogens with two attached hydrogens (primary N) is 1. The maximum Gasteiger partial charge on any atom is 0.326 e. The van der Waals surface area contributed by atoms with Gasteiger partial charge < -0.3 is 25.6 Å². The first-order valence-electron chi connectivity index (χ1n) is 9.67. The van der Waals surface area contributed by atoms with E-state index in [1.54, 1.807) is 14.2 Å². The average molecular weight is 417 g/mol. The lowest BCUT2D eigenvalue weighted by Crippen LogP contribution is -2.41. The minimum atomic E-state index is -1.02. The fourth-order valence-corrected chi connectivity index (χ4v) is 2.83. The summed E-state index contributed by atoms with van der Waals surface area (Å²) in [5, 5.41) is 11.3. The van der Waals surface area contributed by atoms with E-state index in [1.807, 2.05) is 30.3 Å². The Labute approximate surface area is 178 Å². The van der Waals surface area contributed by atoms with E-state index < -0.39 is 12.0 Å². The van der Waals surface area contributed by atoms with Crippen molar-refractivity contribution in [1.29, 1.82) is 0 Å². The molecule has 30 heavy (non-hydrogen) atoms. The molecule has 7 nitrogen and oxygen atoms in total. The van der Waals surface area contributed by atoms with Gasteiger partial charge in [-0.15, -0.1) is 0 Å². The zero-order chi connectivity index (χ0) is 22.5. The molecule has 0 aromatic heterocycles. The lowest BCUT2D eigenvalue weighted by atomic mass is 10.0. The van der Waals surface area contributed by atoms with Gasteiger partial charge in [-0.25, -0.2) is 4.79 Å². The number of carbonyl (C=O) groups is 2. The van der Waals surface area contributed by atoms with Gasteiger partial charge in [-0.05, 0) is 24.5 Å². The van der Waals surface area contributed by atoms with Crippen molar-refractivity contribution < 1.29 is 24.2 Å². The van der Waals surface area contributed by atoms with Crippen LogP contribution in [-0.2, 0) is 31.9 Å². The number of methoxy groups -OCH3 is 2. The highest BCUT2D eigenvalue weighted by Gasteiger charge is 2.18. The minimum Gasteiger partial charge on any atom is -0.480 e. The van der Waals surface area contributed by atoms with Crippen molar-refractivity contribution in [1.82, 2.24) is 5.32 Å². The van der Waals surface area contributed by atoms with Crippen molar-refractivity contribution in [3.8, 4) is 0 Å². The Kier molecular flexibility index (Phi) is 11.4. The van der Waals surface area contributed by atoms with Crippen molar-refractivity contribution in [3.05, 3.63) is 71.3 Å². The first-order valence-corrected chi connectivity index (χ1v) is 9.67. The quantitative estimate of drug-likeness (QED) is 0.541. The highest BCUT2D eigenvalue weighted by atomic mass is 16.7. The van der Waals surface area contributed by atoms with E-state index in [1.165, 1.54) is 18.1 Å². The van der Waals surface area contributed by atoms with Crippen LogP contribution in [0.5, 0.6) is 0 Å². The SMILES string of the molecule is CC(=O)NC(Cc1ccccc1)C(=O)O.COC(OC)[C@@H](N)Cc1ccc(C)cc1. The maximum absolute atomic E-state index is 10.8. The van der Waals surface area contributed by atoms with E-state index in [2.05, 4.69) is 36.5 Å². The van der Waals surface area contributed by atoms with Crippen LogP contribution in [-0.4, -0.2) is 49.6 Å². The molecule has 2 rings (SSSR count). The van der Waals surface area contributed by atoms with Crippen LogP contribution in [0.4, 0.5) is 0 Å². The van der Waals surface area contributed by atoms with Gasteiger partial charge in [0.05, 0.1) is 6.04 Å². The van der Waals surface area contributed by atoms with E-state index in [0.29, 0.717) is 6.42 Å². The third kappa shape index (κ3) is 9.65. The molecule has 2 aromatic rings. The Morgan fingerprint density at radius 2 is 1.50 bits per heavy atom. The van der Waals surface area contributed by atoms with Gasteiger partial charge in [-0.1, -0.05) is 60.2 Å². The number of hydrogen-bond donors (Lipinski definition) is 3. The van der Waals surface area contributed by atoms with Gasteiger partial charge in [-0.2, -0.15) is 0 Å². The molecule has 4 N–H and O–H groups in total. The van der Waals surface area contributed by atoms with E-state index in [0.717, 1.165) is 12.0 Å². The predicted molar refractivity (Wildman–Crippen MR) is 116 cm³/mol. The number of benzene rings is 2. The van der Waals surface area contributed by atoms with Gasteiger partial charge in [0.15, 0.2) is 6.29 Å². The van der Waals surface area contributed by atoms with E-state index in [9.17, 15) is 9.59 Å². The van der Waals surface area contributed by atoms with Gasteiger partial charge in [-0.3, -0.25) is 4.79 Å². The Balaban J connectivity index is 0.000000300. The van der Waals surface area contributed by atoms with Gasteiger partial charge in [0, 0.05) is 27.6 Å². The number of ether oxygens (including phenoxy) is 2. The molecule has 0 aliphatic heterocycles. The number of carboxylic acid groups (broad SMARTS) is 1. The van der Waals surface area contributed by atoms with Crippen molar-refractivity contribution in [3.63, 3.8) is 0 Å². The van der Waals surface area contributed by atoms with Gasteiger partial charge >= 0.3 is 5.97 Å². The van der Waals surface area contributed by atoms with Gasteiger partial charge in [0.1, 0.15) is 6.04 Å². The second-order valence-electron chi connectivity index (χ2n) is 6.97. The lowest BCUT2D eigenvalue weighted by molar-refractivity contribution is -0.141. The second kappa shape index (κ2) is 13.5. The molecule has 1 amide bonds. The summed E-state index contributed by atoms with van der Waals surface area (Å²) in [7, 11) is 3.20. The van der Waals surface area contributed by atoms with E-state index >= 15 is 0 Å². The summed E-state index contributed by atoms with van der Waals surface area (Å²) < 4.78 is 10.2. The Morgan fingerprint density at radius 3 is 1.97 bits per heavy atom. The number of aliphatic carboxylic acids is 1. The molecule has 0 aliphatic carbocycles. The Bertz CT molecular complexity index is 761. The second-order valence-corrected chi connectivity index (χ2v) is 6.97. The highest BCUT2D eigenvalue weighted by Crippen LogP contribution is 2.08.